The van der Waals surface area contributed by atoms with Crippen molar-refractivity contribution in [1.82, 2.24) is 15.3 Å². The fourth-order valence-corrected chi connectivity index (χ4v) is 3.80. The number of para-hydroxylation sites is 1. The molecule has 1 saturated heterocycles. The smallest absolute Gasteiger partial charge is 0.254 e. The van der Waals surface area contributed by atoms with Crippen LogP contribution in [0.3, 0.4) is 0 Å². The number of β-amino-alcohol motifs (C(OH)–C–C–N with tert-alkyl or cyclic N) is 1. The van der Waals surface area contributed by atoms with Crippen molar-refractivity contribution in [3.63, 3.8) is 0 Å². The van der Waals surface area contributed by atoms with Crippen molar-refractivity contribution in [2.24, 2.45) is 5.92 Å². The van der Waals surface area contributed by atoms with E-state index in [2.05, 4.69) is 21.4 Å². The summed E-state index contributed by atoms with van der Waals surface area (Å²) in [6.07, 6.45) is 3.77. The van der Waals surface area contributed by atoms with Gasteiger partial charge in [0.05, 0.1) is 17.2 Å². The van der Waals surface area contributed by atoms with E-state index in [0.717, 1.165) is 17.3 Å². The number of aromatic nitrogens is 2. The molecule has 1 aliphatic heterocycles. The van der Waals surface area contributed by atoms with Crippen molar-refractivity contribution in [1.29, 1.82) is 0 Å². The predicted molar refractivity (Wildman–Crippen MR) is 105 cm³/mol. The first-order valence-electron chi connectivity index (χ1n) is 9.10. The minimum Gasteiger partial charge on any atom is -0.391 e. The Morgan fingerprint density at radius 2 is 2.00 bits per heavy atom. The molecule has 3 heterocycles. The average molecular weight is 362 g/mol. The number of rotatable bonds is 4. The van der Waals surface area contributed by atoms with Crippen LogP contribution >= 0.6 is 0 Å². The summed E-state index contributed by atoms with van der Waals surface area (Å²) in [6.45, 7) is 1.12. The van der Waals surface area contributed by atoms with E-state index in [1.165, 1.54) is 5.56 Å². The third kappa shape index (κ3) is 3.36. The second-order valence-corrected chi connectivity index (χ2v) is 6.88. The molecule has 0 bridgehead atoms. The lowest BCUT2D eigenvalue weighted by Gasteiger charge is -2.20. The number of benzene rings is 1. The summed E-state index contributed by atoms with van der Waals surface area (Å²) in [7, 11) is 1.61. The number of anilines is 1. The maximum atomic E-state index is 12.1. The van der Waals surface area contributed by atoms with Crippen LogP contribution in [0.1, 0.15) is 15.9 Å². The zero-order valence-corrected chi connectivity index (χ0v) is 15.2. The minimum atomic E-state index is -0.475. The standard InChI is InChI=1S/C21H22N4O2/c1-22-21(27)17-6-4-9-24-20(17)25-12-15(19(26)13-25)11-14-8-10-23-18-7-3-2-5-16(14)18/h2-10,15,19,26H,11-13H2,1H3,(H,22,27)/t15-,19-/m1/s1. The van der Waals surface area contributed by atoms with Crippen LogP contribution < -0.4 is 10.2 Å². The van der Waals surface area contributed by atoms with Gasteiger partial charge in [0.15, 0.2) is 0 Å². The van der Waals surface area contributed by atoms with E-state index >= 15 is 0 Å². The van der Waals surface area contributed by atoms with Gasteiger partial charge in [0.25, 0.3) is 5.91 Å². The van der Waals surface area contributed by atoms with E-state index < -0.39 is 6.10 Å². The van der Waals surface area contributed by atoms with E-state index in [1.807, 2.05) is 35.4 Å². The Hall–Kier alpha value is -2.99. The predicted octanol–water partition coefficient (Wildman–Crippen LogP) is 2.03. The molecule has 6 heteroatoms. The molecule has 1 amide bonds. The number of hydrogen-bond donors (Lipinski definition) is 2. The number of nitrogens with zero attached hydrogens (tertiary/aromatic N) is 3. The number of amides is 1. The van der Waals surface area contributed by atoms with Gasteiger partial charge >= 0.3 is 0 Å². The summed E-state index contributed by atoms with van der Waals surface area (Å²) in [5.74, 6) is 0.518. The molecule has 1 fully saturated rings. The van der Waals surface area contributed by atoms with Crippen molar-refractivity contribution in [2.75, 3.05) is 25.0 Å². The van der Waals surface area contributed by atoms with Crippen molar-refractivity contribution in [3.8, 4) is 0 Å². The van der Waals surface area contributed by atoms with Gasteiger partial charge in [0.2, 0.25) is 0 Å². The molecular weight excluding hydrogens is 340 g/mol. The van der Waals surface area contributed by atoms with Crippen LogP contribution in [0.15, 0.2) is 54.9 Å². The number of fused-ring (bicyclic) bond motifs is 1. The molecule has 2 atom stereocenters. The SMILES string of the molecule is CNC(=O)c1cccnc1N1C[C@@H](Cc2ccnc3ccccc23)[C@H](O)C1. The van der Waals surface area contributed by atoms with Gasteiger partial charge in [-0.2, -0.15) is 0 Å². The summed E-state index contributed by atoms with van der Waals surface area (Å²) < 4.78 is 0. The summed E-state index contributed by atoms with van der Waals surface area (Å²) in [6, 6.07) is 13.6. The van der Waals surface area contributed by atoms with Crippen molar-refractivity contribution in [3.05, 3.63) is 66.0 Å². The van der Waals surface area contributed by atoms with Gasteiger partial charge in [-0.25, -0.2) is 4.98 Å². The highest BCUT2D eigenvalue weighted by Crippen LogP contribution is 2.29. The van der Waals surface area contributed by atoms with Gasteiger partial charge < -0.3 is 15.3 Å². The van der Waals surface area contributed by atoms with Crippen molar-refractivity contribution < 1.29 is 9.90 Å². The molecule has 0 unspecified atom stereocenters. The number of nitrogens with one attached hydrogen (secondary N) is 1. The van der Waals surface area contributed by atoms with E-state index in [-0.39, 0.29) is 11.8 Å². The fourth-order valence-electron chi connectivity index (χ4n) is 3.80. The van der Waals surface area contributed by atoms with E-state index in [4.69, 9.17) is 0 Å². The van der Waals surface area contributed by atoms with Crippen LogP contribution in [-0.4, -0.2) is 47.2 Å². The van der Waals surface area contributed by atoms with Gasteiger partial charge in [0, 0.05) is 43.8 Å². The number of carbonyl (C=O) groups is 1. The zero-order valence-electron chi connectivity index (χ0n) is 15.2. The topological polar surface area (TPSA) is 78.4 Å². The average Bonchev–Trinajstić information content (AvgIpc) is 3.08. The molecule has 0 aliphatic carbocycles. The van der Waals surface area contributed by atoms with Crippen LogP contribution in [0.2, 0.25) is 0 Å². The number of pyridine rings is 2. The molecule has 2 N–H and O–H groups in total. The number of hydrogen-bond acceptors (Lipinski definition) is 5. The Morgan fingerprint density at radius 1 is 1.15 bits per heavy atom. The Labute approximate surface area is 157 Å². The highest BCUT2D eigenvalue weighted by atomic mass is 16.3. The quantitative estimate of drug-likeness (QED) is 0.743. The molecule has 0 radical (unpaired) electrons. The van der Waals surface area contributed by atoms with E-state index in [9.17, 15) is 9.90 Å². The molecule has 4 rings (SSSR count). The van der Waals surface area contributed by atoms with Gasteiger partial charge in [-0.3, -0.25) is 9.78 Å². The maximum Gasteiger partial charge on any atom is 0.254 e. The molecule has 3 aromatic rings. The summed E-state index contributed by atoms with van der Waals surface area (Å²) >= 11 is 0. The molecule has 1 aromatic carbocycles. The fraction of sp³-hybridized carbons (Fsp3) is 0.286. The van der Waals surface area contributed by atoms with Crippen LogP contribution in [-0.2, 0) is 6.42 Å². The molecule has 0 spiro atoms. The lowest BCUT2D eigenvalue weighted by Crippen LogP contribution is -2.27. The minimum absolute atomic E-state index is 0.0651. The molecule has 2 aromatic heterocycles. The normalized spacial score (nSPS) is 19.4. The first-order chi connectivity index (χ1) is 13.2. The molecule has 1 aliphatic rings. The third-order valence-corrected chi connectivity index (χ3v) is 5.19. The van der Waals surface area contributed by atoms with Gasteiger partial charge in [-0.1, -0.05) is 18.2 Å². The first kappa shape index (κ1) is 17.4. The molecule has 138 valence electrons. The zero-order chi connectivity index (χ0) is 18.8. The van der Waals surface area contributed by atoms with Crippen LogP contribution in [0.25, 0.3) is 10.9 Å². The third-order valence-electron chi connectivity index (χ3n) is 5.19. The second-order valence-electron chi connectivity index (χ2n) is 6.88. The highest BCUT2D eigenvalue weighted by Gasteiger charge is 2.34. The Morgan fingerprint density at radius 3 is 2.85 bits per heavy atom. The second kappa shape index (κ2) is 7.32. The Bertz CT molecular complexity index is 970. The summed E-state index contributed by atoms with van der Waals surface area (Å²) in [5.41, 5.74) is 2.67. The lowest BCUT2D eigenvalue weighted by molar-refractivity contribution is 0.0963. The van der Waals surface area contributed by atoms with Crippen molar-refractivity contribution in [2.45, 2.75) is 12.5 Å². The number of aliphatic hydroxyl groups is 1. The van der Waals surface area contributed by atoms with E-state index in [1.54, 1.807) is 25.4 Å². The lowest BCUT2D eigenvalue weighted by atomic mass is 9.94. The highest BCUT2D eigenvalue weighted by molar-refractivity contribution is 5.98. The first-order valence-corrected chi connectivity index (χ1v) is 9.10. The number of aliphatic hydroxyl groups excluding tert-OH is 1. The van der Waals surface area contributed by atoms with Gasteiger partial charge in [-0.15, -0.1) is 0 Å². The largest absolute Gasteiger partial charge is 0.391 e. The molecule has 6 nitrogen and oxygen atoms in total. The molecule has 0 saturated carbocycles. The van der Waals surface area contributed by atoms with E-state index in [0.29, 0.717) is 24.5 Å². The monoisotopic (exact) mass is 362 g/mol. The van der Waals surface area contributed by atoms with Gasteiger partial charge in [-0.05, 0) is 36.2 Å². The number of carbonyl (C=O) groups excluding carboxylic acids is 1. The maximum absolute atomic E-state index is 12.1. The van der Waals surface area contributed by atoms with Gasteiger partial charge in [0.1, 0.15) is 5.82 Å². The molecule has 27 heavy (non-hydrogen) atoms. The molecular formula is C21H22N4O2. The van der Waals surface area contributed by atoms with Crippen LogP contribution in [0, 0.1) is 5.92 Å². The Balaban J connectivity index is 1.58. The summed E-state index contributed by atoms with van der Waals surface area (Å²) in [5, 5.41) is 14.4. The summed E-state index contributed by atoms with van der Waals surface area (Å²) in [4.78, 5) is 23.0. The van der Waals surface area contributed by atoms with Crippen LogP contribution in [0.5, 0.6) is 0 Å². The Kier molecular flexibility index (Phi) is 4.73. The van der Waals surface area contributed by atoms with Crippen LogP contribution in [0.4, 0.5) is 5.82 Å². The van der Waals surface area contributed by atoms with Crippen molar-refractivity contribution >= 4 is 22.6 Å².